The fraction of sp³-hybridized carbons (Fsp3) is 1.00. The van der Waals surface area contributed by atoms with E-state index in [9.17, 15) is 5.11 Å². The molecule has 4 heteroatoms. The Balaban J connectivity index is 1.53. The molecule has 4 unspecified atom stereocenters. The molecule has 0 aromatic rings. The van der Waals surface area contributed by atoms with Crippen LogP contribution in [0.2, 0.25) is 0 Å². The van der Waals surface area contributed by atoms with Gasteiger partial charge in [0.25, 0.3) is 0 Å². The summed E-state index contributed by atoms with van der Waals surface area (Å²) in [4.78, 5) is 5.13. The zero-order chi connectivity index (χ0) is 13.2. The maximum Gasteiger partial charge on any atom is 0.0624 e. The van der Waals surface area contributed by atoms with Crippen molar-refractivity contribution < 1.29 is 9.84 Å². The summed E-state index contributed by atoms with van der Waals surface area (Å²) in [5.41, 5.74) is 0. The first-order chi connectivity index (χ1) is 9.24. The molecule has 4 nitrogen and oxygen atoms in total. The predicted octanol–water partition coefficient (Wildman–Crippen LogP) is 0.800. The van der Waals surface area contributed by atoms with E-state index in [4.69, 9.17) is 4.74 Å². The highest BCUT2D eigenvalue weighted by atomic mass is 16.5. The highest BCUT2D eigenvalue weighted by molar-refractivity contribution is 4.90. The van der Waals surface area contributed by atoms with Crippen molar-refractivity contribution in [2.45, 2.75) is 37.8 Å². The topological polar surface area (TPSA) is 35.9 Å². The van der Waals surface area contributed by atoms with E-state index in [0.29, 0.717) is 5.92 Å². The van der Waals surface area contributed by atoms with Gasteiger partial charge in [-0.3, -0.25) is 0 Å². The van der Waals surface area contributed by atoms with Gasteiger partial charge in [0, 0.05) is 31.7 Å². The van der Waals surface area contributed by atoms with E-state index in [1.54, 1.807) is 0 Å². The second kappa shape index (κ2) is 6.08. The number of aliphatic hydroxyl groups excluding tert-OH is 1. The minimum absolute atomic E-state index is 0.152. The van der Waals surface area contributed by atoms with Crippen molar-refractivity contribution in [2.75, 3.05) is 46.4 Å². The van der Waals surface area contributed by atoms with Gasteiger partial charge in [0.1, 0.15) is 0 Å². The Morgan fingerprint density at radius 1 is 1.21 bits per heavy atom. The van der Waals surface area contributed by atoms with E-state index in [1.807, 2.05) is 0 Å². The SMILES string of the molecule is CN1CCCC2CN(CC3COCCC3O)CCC21. The van der Waals surface area contributed by atoms with Crippen LogP contribution in [-0.4, -0.2) is 73.5 Å². The molecule has 0 bridgehead atoms. The molecule has 0 saturated carbocycles. The fourth-order valence-electron chi connectivity index (χ4n) is 4.19. The largest absolute Gasteiger partial charge is 0.393 e. The van der Waals surface area contributed by atoms with E-state index in [1.165, 1.54) is 38.9 Å². The lowest BCUT2D eigenvalue weighted by molar-refractivity contribution is -0.0558. The molecule has 3 heterocycles. The molecule has 3 aliphatic rings. The summed E-state index contributed by atoms with van der Waals surface area (Å²) in [6.07, 6.45) is 4.69. The first-order valence-corrected chi connectivity index (χ1v) is 7.92. The van der Waals surface area contributed by atoms with E-state index in [-0.39, 0.29) is 6.10 Å². The third-order valence-corrected chi connectivity index (χ3v) is 5.36. The summed E-state index contributed by atoms with van der Waals surface area (Å²) in [5, 5.41) is 10.1. The maximum absolute atomic E-state index is 10.1. The molecular weight excluding hydrogens is 240 g/mol. The quantitative estimate of drug-likeness (QED) is 0.803. The first-order valence-electron chi connectivity index (χ1n) is 7.92. The van der Waals surface area contributed by atoms with Crippen LogP contribution in [0, 0.1) is 11.8 Å². The van der Waals surface area contributed by atoms with Crippen molar-refractivity contribution in [1.82, 2.24) is 9.80 Å². The lowest BCUT2D eigenvalue weighted by Gasteiger charge is -2.47. The van der Waals surface area contributed by atoms with E-state index in [0.717, 1.165) is 38.1 Å². The van der Waals surface area contributed by atoms with Gasteiger partial charge in [-0.2, -0.15) is 0 Å². The van der Waals surface area contributed by atoms with Crippen LogP contribution in [-0.2, 0) is 4.74 Å². The van der Waals surface area contributed by atoms with Gasteiger partial charge in [-0.15, -0.1) is 0 Å². The molecule has 0 aromatic carbocycles. The molecular formula is C15H28N2O2. The van der Waals surface area contributed by atoms with Crippen molar-refractivity contribution in [3.8, 4) is 0 Å². The summed E-state index contributed by atoms with van der Waals surface area (Å²) < 4.78 is 5.52. The summed E-state index contributed by atoms with van der Waals surface area (Å²) in [6.45, 7) is 6.18. The van der Waals surface area contributed by atoms with Crippen LogP contribution >= 0.6 is 0 Å². The average molecular weight is 268 g/mol. The third-order valence-electron chi connectivity index (χ3n) is 5.36. The van der Waals surface area contributed by atoms with Crippen molar-refractivity contribution in [3.05, 3.63) is 0 Å². The van der Waals surface area contributed by atoms with Crippen molar-refractivity contribution >= 4 is 0 Å². The first kappa shape index (κ1) is 13.8. The van der Waals surface area contributed by atoms with Gasteiger partial charge in [0.2, 0.25) is 0 Å². The van der Waals surface area contributed by atoms with Gasteiger partial charge in [-0.1, -0.05) is 0 Å². The minimum atomic E-state index is -0.152. The number of piperidine rings is 2. The van der Waals surface area contributed by atoms with E-state index >= 15 is 0 Å². The second-order valence-corrected chi connectivity index (χ2v) is 6.69. The number of fused-ring (bicyclic) bond motifs is 1. The standard InChI is InChI=1S/C15H28N2O2/c1-16-6-2-3-12-9-17(7-4-14(12)16)10-13-11-19-8-5-15(13)18/h12-15,18H,2-11H2,1H3. The monoisotopic (exact) mass is 268 g/mol. The maximum atomic E-state index is 10.1. The van der Waals surface area contributed by atoms with Crippen LogP contribution in [0.25, 0.3) is 0 Å². The zero-order valence-electron chi connectivity index (χ0n) is 12.1. The van der Waals surface area contributed by atoms with Crippen LogP contribution in [0.15, 0.2) is 0 Å². The van der Waals surface area contributed by atoms with Crippen LogP contribution in [0.1, 0.15) is 25.7 Å². The Hall–Kier alpha value is -0.160. The summed E-state index contributed by atoms with van der Waals surface area (Å²) in [5.74, 6) is 1.17. The lowest BCUT2D eigenvalue weighted by Crippen LogP contribution is -2.54. The number of likely N-dealkylation sites (tertiary alicyclic amines) is 2. The molecule has 4 atom stereocenters. The highest BCUT2D eigenvalue weighted by Crippen LogP contribution is 2.30. The second-order valence-electron chi connectivity index (χ2n) is 6.69. The molecule has 3 saturated heterocycles. The van der Waals surface area contributed by atoms with Crippen molar-refractivity contribution in [3.63, 3.8) is 0 Å². The van der Waals surface area contributed by atoms with Gasteiger partial charge in [-0.05, 0) is 51.7 Å². The summed E-state index contributed by atoms with van der Waals surface area (Å²) in [7, 11) is 2.28. The van der Waals surface area contributed by atoms with Gasteiger partial charge >= 0.3 is 0 Å². The van der Waals surface area contributed by atoms with Gasteiger partial charge in [-0.25, -0.2) is 0 Å². The molecule has 0 amide bonds. The van der Waals surface area contributed by atoms with Crippen LogP contribution in [0.4, 0.5) is 0 Å². The normalized spacial score (nSPS) is 42.0. The molecule has 19 heavy (non-hydrogen) atoms. The summed E-state index contributed by atoms with van der Waals surface area (Å²) >= 11 is 0. The van der Waals surface area contributed by atoms with Crippen LogP contribution in [0.5, 0.6) is 0 Å². The minimum Gasteiger partial charge on any atom is -0.393 e. The fourth-order valence-corrected chi connectivity index (χ4v) is 4.19. The molecule has 110 valence electrons. The van der Waals surface area contributed by atoms with Gasteiger partial charge in [0.05, 0.1) is 12.7 Å². The van der Waals surface area contributed by atoms with Crippen LogP contribution in [0.3, 0.4) is 0 Å². The predicted molar refractivity (Wildman–Crippen MR) is 75.1 cm³/mol. The van der Waals surface area contributed by atoms with Crippen LogP contribution < -0.4 is 0 Å². The number of aliphatic hydroxyl groups is 1. The Bertz CT molecular complexity index is 300. The molecule has 3 rings (SSSR count). The van der Waals surface area contributed by atoms with Gasteiger partial charge in [0.15, 0.2) is 0 Å². The van der Waals surface area contributed by atoms with Crippen molar-refractivity contribution in [1.29, 1.82) is 0 Å². The molecule has 0 radical (unpaired) electrons. The zero-order valence-corrected chi connectivity index (χ0v) is 12.1. The molecule has 0 aromatic heterocycles. The Morgan fingerprint density at radius 2 is 2.11 bits per heavy atom. The number of ether oxygens (including phenoxy) is 1. The Morgan fingerprint density at radius 3 is 2.95 bits per heavy atom. The van der Waals surface area contributed by atoms with Gasteiger partial charge < -0.3 is 19.6 Å². The number of nitrogens with zero attached hydrogens (tertiary/aromatic N) is 2. The third kappa shape index (κ3) is 3.13. The highest BCUT2D eigenvalue weighted by Gasteiger charge is 2.35. The lowest BCUT2D eigenvalue weighted by atomic mass is 9.83. The Kier molecular flexibility index (Phi) is 4.42. The Labute approximate surface area is 116 Å². The molecule has 0 aliphatic carbocycles. The number of rotatable bonds is 2. The van der Waals surface area contributed by atoms with Crippen molar-refractivity contribution in [2.24, 2.45) is 11.8 Å². The smallest absolute Gasteiger partial charge is 0.0624 e. The molecule has 0 spiro atoms. The number of hydrogen-bond acceptors (Lipinski definition) is 4. The average Bonchev–Trinajstić information content (AvgIpc) is 2.42. The molecule has 1 N–H and O–H groups in total. The molecule has 3 fully saturated rings. The van der Waals surface area contributed by atoms with E-state index < -0.39 is 0 Å². The van der Waals surface area contributed by atoms with E-state index in [2.05, 4.69) is 16.8 Å². The number of hydrogen-bond donors (Lipinski definition) is 1. The molecule has 3 aliphatic heterocycles. The summed E-state index contributed by atoms with van der Waals surface area (Å²) in [6, 6.07) is 0.803.